The van der Waals surface area contributed by atoms with E-state index in [1.807, 2.05) is 0 Å². The lowest BCUT2D eigenvalue weighted by molar-refractivity contribution is -0.137. The van der Waals surface area contributed by atoms with Crippen LogP contribution in [0.15, 0.2) is 22.7 Å². The molecule has 0 unspecified atom stereocenters. The molecule has 1 aromatic carbocycles. The van der Waals surface area contributed by atoms with E-state index in [-0.39, 0.29) is 16.1 Å². The number of carbonyl (C=O) groups is 1. The van der Waals surface area contributed by atoms with Crippen LogP contribution in [0.2, 0.25) is 0 Å². The zero-order valence-corrected chi connectivity index (χ0v) is 10.2. The molecule has 1 aromatic rings. The summed E-state index contributed by atoms with van der Waals surface area (Å²) in [7, 11) is 0. The highest BCUT2D eigenvalue weighted by Crippen LogP contribution is 2.32. The highest BCUT2D eigenvalue weighted by atomic mass is 79.9. The van der Waals surface area contributed by atoms with Crippen LogP contribution < -0.4 is 5.32 Å². The molecule has 1 amide bonds. The molecular formula is C11H9BrF3NO. The number of alkyl halides is 3. The number of carbonyl (C=O) groups excluding carboxylic acids is 1. The number of rotatable bonds is 2. The molecule has 1 aliphatic rings. The van der Waals surface area contributed by atoms with Gasteiger partial charge in [0.15, 0.2) is 0 Å². The number of hydrogen-bond donors (Lipinski definition) is 1. The van der Waals surface area contributed by atoms with Crippen molar-refractivity contribution in [1.82, 2.24) is 5.32 Å². The Hall–Kier alpha value is -1.04. The van der Waals surface area contributed by atoms with Gasteiger partial charge < -0.3 is 5.32 Å². The van der Waals surface area contributed by atoms with E-state index in [0.717, 1.165) is 25.0 Å². The predicted octanol–water partition coefficient (Wildman–Crippen LogP) is 3.36. The van der Waals surface area contributed by atoms with Crippen LogP contribution in [0.1, 0.15) is 28.8 Å². The molecule has 0 aliphatic heterocycles. The second-order valence-electron chi connectivity index (χ2n) is 3.97. The van der Waals surface area contributed by atoms with Crippen molar-refractivity contribution in [3.8, 4) is 0 Å². The fraction of sp³-hybridized carbons (Fsp3) is 0.364. The molecule has 1 N–H and O–H groups in total. The van der Waals surface area contributed by atoms with E-state index < -0.39 is 17.6 Å². The molecule has 0 aromatic heterocycles. The molecule has 92 valence electrons. The van der Waals surface area contributed by atoms with Gasteiger partial charge in [-0.15, -0.1) is 0 Å². The van der Waals surface area contributed by atoms with Crippen LogP contribution in [0.5, 0.6) is 0 Å². The van der Waals surface area contributed by atoms with Crippen LogP contribution in [0, 0.1) is 0 Å². The average molecular weight is 308 g/mol. The summed E-state index contributed by atoms with van der Waals surface area (Å²) in [6.45, 7) is 0. The topological polar surface area (TPSA) is 29.1 Å². The van der Waals surface area contributed by atoms with Crippen LogP contribution in [-0.2, 0) is 6.18 Å². The first-order valence-corrected chi connectivity index (χ1v) is 5.84. The molecule has 0 saturated heterocycles. The van der Waals surface area contributed by atoms with Gasteiger partial charge in [0.25, 0.3) is 5.91 Å². The summed E-state index contributed by atoms with van der Waals surface area (Å²) in [5, 5.41) is 2.65. The van der Waals surface area contributed by atoms with E-state index in [2.05, 4.69) is 21.2 Å². The van der Waals surface area contributed by atoms with Gasteiger partial charge in [-0.25, -0.2) is 0 Å². The summed E-state index contributed by atoms with van der Waals surface area (Å²) >= 11 is 2.98. The summed E-state index contributed by atoms with van der Waals surface area (Å²) in [6, 6.07) is 3.32. The van der Waals surface area contributed by atoms with Crippen molar-refractivity contribution in [3.63, 3.8) is 0 Å². The minimum absolute atomic E-state index is 0.0265. The van der Waals surface area contributed by atoms with E-state index in [0.29, 0.717) is 0 Å². The van der Waals surface area contributed by atoms with Crippen molar-refractivity contribution in [2.45, 2.75) is 25.1 Å². The van der Waals surface area contributed by atoms with Gasteiger partial charge in [-0.1, -0.05) is 15.9 Å². The van der Waals surface area contributed by atoms with E-state index in [9.17, 15) is 18.0 Å². The third kappa shape index (κ3) is 3.21. The number of nitrogens with one attached hydrogen (secondary N) is 1. The maximum absolute atomic E-state index is 12.5. The monoisotopic (exact) mass is 307 g/mol. The summed E-state index contributed by atoms with van der Waals surface area (Å²) in [6.07, 6.45) is -2.66. The van der Waals surface area contributed by atoms with Gasteiger partial charge in [0.2, 0.25) is 0 Å². The second kappa shape index (κ2) is 4.33. The largest absolute Gasteiger partial charge is 0.416 e. The molecule has 0 atom stereocenters. The van der Waals surface area contributed by atoms with E-state index in [1.54, 1.807) is 0 Å². The third-order valence-electron chi connectivity index (χ3n) is 2.40. The van der Waals surface area contributed by atoms with Gasteiger partial charge in [0, 0.05) is 16.1 Å². The van der Waals surface area contributed by atoms with Crippen LogP contribution >= 0.6 is 15.9 Å². The molecule has 0 radical (unpaired) electrons. The molecular weight excluding hydrogens is 299 g/mol. The molecule has 6 heteroatoms. The fourth-order valence-electron chi connectivity index (χ4n) is 1.38. The summed E-state index contributed by atoms with van der Waals surface area (Å²) < 4.78 is 37.8. The molecule has 1 saturated carbocycles. The normalized spacial score (nSPS) is 15.8. The zero-order chi connectivity index (χ0) is 12.6. The van der Waals surface area contributed by atoms with Crippen molar-refractivity contribution >= 4 is 21.8 Å². The molecule has 1 aliphatic carbocycles. The quantitative estimate of drug-likeness (QED) is 0.892. The lowest BCUT2D eigenvalue weighted by Crippen LogP contribution is -2.25. The zero-order valence-electron chi connectivity index (χ0n) is 8.64. The van der Waals surface area contributed by atoms with Gasteiger partial charge in [-0.3, -0.25) is 4.79 Å². The predicted molar refractivity (Wildman–Crippen MR) is 59.6 cm³/mol. The SMILES string of the molecule is O=C(NC1CC1)c1cc(Br)cc(C(F)(F)F)c1. The van der Waals surface area contributed by atoms with Crippen molar-refractivity contribution in [2.24, 2.45) is 0 Å². The molecule has 17 heavy (non-hydrogen) atoms. The lowest BCUT2D eigenvalue weighted by Gasteiger charge is -2.10. The first-order chi connectivity index (χ1) is 7.86. The summed E-state index contributed by atoms with van der Waals surface area (Å²) in [5.74, 6) is -0.459. The van der Waals surface area contributed by atoms with Crippen LogP contribution in [0.3, 0.4) is 0 Å². The molecule has 0 heterocycles. The Morgan fingerprint density at radius 1 is 1.29 bits per heavy atom. The third-order valence-corrected chi connectivity index (χ3v) is 2.86. The number of amides is 1. The second-order valence-corrected chi connectivity index (χ2v) is 4.89. The van der Waals surface area contributed by atoms with Crippen LogP contribution in [-0.4, -0.2) is 11.9 Å². The number of hydrogen-bond acceptors (Lipinski definition) is 1. The highest BCUT2D eigenvalue weighted by Gasteiger charge is 2.32. The Morgan fingerprint density at radius 2 is 1.94 bits per heavy atom. The minimum atomic E-state index is -4.45. The van der Waals surface area contributed by atoms with Crippen molar-refractivity contribution in [3.05, 3.63) is 33.8 Å². The van der Waals surface area contributed by atoms with Gasteiger partial charge in [0.05, 0.1) is 5.56 Å². The summed E-state index contributed by atoms with van der Waals surface area (Å²) in [5.41, 5.74) is -0.800. The van der Waals surface area contributed by atoms with Gasteiger partial charge >= 0.3 is 6.18 Å². The Morgan fingerprint density at radius 3 is 2.47 bits per heavy atom. The molecule has 0 spiro atoms. The van der Waals surface area contributed by atoms with Gasteiger partial charge in [0.1, 0.15) is 0 Å². The first-order valence-electron chi connectivity index (χ1n) is 5.05. The van der Waals surface area contributed by atoms with Gasteiger partial charge in [-0.2, -0.15) is 13.2 Å². The molecule has 0 bridgehead atoms. The Labute approximate surface area is 104 Å². The number of benzene rings is 1. The molecule has 2 rings (SSSR count). The lowest BCUT2D eigenvalue weighted by atomic mass is 10.1. The maximum Gasteiger partial charge on any atom is 0.416 e. The van der Waals surface area contributed by atoms with Crippen molar-refractivity contribution in [1.29, 1.82) is 0 Å². The smallest absolute Gasteiger partial charge is 0.349 e. The average Bonchev–Trinajstić information content (AvgIpc) is 2.99. The Kier molecular flexibility index (Phi) is 3.16. The van der Waals surface area contributed by atoms with Crippen molar-refractivity contribution < 1.29 is 18.0 Å². The standard InChI is InChI=1S/C11H9BrF3NO/c12-8-4-6(10(17)16-9-1-2-9)3-7(5-8)11(13,14)15/h3-5,9H,1-2H2,(H,16,17). The minimum Gasteiger partial charge on any atom is -0.349 e. The van der Waals surface area contributed by atoms with Crippen LogP contribution in [0.25, 0.3) is 0 Å². The highest BCUT2D eigenvalue weighted by molar-refractivity contribution is 9.10. The maximum atomic E-state index is 12.5. The van der Waals surface area contributed by atoms with Gasteiger partial charge in [-0.05, 0) is 31.0 Å². The number of halogens is 4. The van der Waals surface area contributed by atoms with E-state index in [1.165, 1.54) is 6.07 Å². The van der Waals surface area contributed by atoms with E-state index in [4.69, 9.17) is 0 Å². The summed E-state index contributed by atoms with van der Waals surface area (Å²) in [4.78, 5) is 11.6. The molecule has 1 fully saturated rings. The van der Waals surface area contributed by atoms with E-state index >= 15 is 0 Å². The molecule has 2 nitrogen and oxygen atoms in total. The van der Waals surface area contributed by atoms with Crippen LogP contribution in [0.4, 0.5) is 13.2 Å². The Balaban J connectivity index is 2.27. The van der Waals surface area contributed by atoms with Crippen molar-refractivity contribution in [2.75, 3.05) is 0 Å². The first kappa shape index (κ1) is 12.4. The fourth-order valence-corrected chi connectivity index (χ4v) is 1.87. The Bertz CT molecular complexity index is 455.